The number of furan rings is 1. The number of rotatable bonds is 4. The molecule has 2 aromatic rings. The largest absolute Gasteiger partial charge is 0.451 e. The second kappa shape index (κ2) is 6.13. The van der Waals surface area contributed by atoms with Gasteiger partial charge in [-0.3, -0.25) is 4.79 Å². The van der Waals surface area contributed by atoms with Crippen LogP contribution in [-0.4, -0.2) is 23.7 Å². The van der Waals surface area contributed by atoms with Crippen LogP contribution in [0.5, 0.6) is 0 Å². The standard InChI is InChI=1S/C18H25NO3/c1-11-6-7-14-13(10-11)12(2)16(22-14)17(21)19-9-8-15(20)18(3,4)5/h6-7,10,15,20H,8-9H2,1-5H3,(H,19,21). The lowest BCUT2D eigenvalue weighted by atomic mass is 9.87. The van der Waals surface area contributed by atoms with E-state index >= 15 is 0 Å². The van der Waals surface area contributed by atoms with E-state index in [4.69, 9.17) is 4.42 Å². The number of aliphatic hydroxyl groups excluding tert-OH is 1. The number of nitrogens with one attached hydrogen (secondary N) is 1. The van der Waals surface area contributed by atoms with E-state index in [1.165, 1.54) is 0 Å². The monoisotopic (exact) mass is 303 g/mol. The molecule has 120 valence electrons. The van der Waals surface area contributed by atoms with Gasteiger partial charge in [0.25, 0.3) is 5.91 Å². The van der Waals surface area contributed by atoms with Gasteiger partial charge >= 0.3 is 0 Å². The molecular formula is C18H25NO3. The van der Waals surface area contributed by atoms with Gasteiger partial charge in [0.05, 0.1) is 6.10 Å². The van der Waals surface area contributed by atoms with Gasteiger partial charge in [-0.2, -0.15) is 0 Å². The molecule has 0 aliphatic carbocycles. The third-order valence-corrected chi connectivity index (χ3v) is 4.00. The average molecular weight is 303 g/mol. The molecule has 1 amide bonds. The zero-order valence-electron chi connectivity index (χ0n) is 14.0. The highest BCUT2D eigenvalue weighted by Crippen LogP contribution is 2.26. The highest BCUT2D eigenvalue weighted by atomic mass is 16.3. The smallest absolute Gasteiger partial charge is 0.287 e. The topological polar surface area (TPSA) is 62.5 Å². The Bertz CT molecular complexity index is 679. The average Bonchev–Trinajstić information content (AvgIpc) is 2.75. The number of amides is 1. The summed E-state index contributed by atoms with van der Waals surface area (Å²) >= 11 is 0. The summed E-state index contributed by atoms with van der Waals surface area (Å²) in [6.45, 7) is 10.3. The molecule has 4 heteroatoms. The molecule has 1 aromatic carbocycles. The van der Waals surface area contributed by atoms with E-state index < -0.39 is 6.10 Å². The zero-order chi connectivity index (χ0) is 16.5. The van der Waals surface area contributed by atoms with Crippen LogP contribution in [0.25, 0.3) is 11.0 Å². The minimum absolute atomic E-state index is 0.183. The van der Waals surface area contributed by atoms with Crippen LogP contribution in [0.1, 0.15) is 48.9 Å². The molecule has 1 heterocycles. The number of carbonyl (C=O) groups excluding carboxylic acids is 1. The number of fused-ring (bicyclic) bond motifs is 1. The normalized spacial score (nSPS) is 13.4. The van der Waals surface area contributed by atoms with Gasteiger partial charge in [-0.25, -0.2) is 0 Å². The molecule has 0 radical (unpaired) electrons. The molecule has 22 heavy (non-hydrogen) atoms. The first kappa shape index (κ1) is 16.6. The van der Waals surface area contributed by atoms with Gasteiger partial charge in [-0.05, 0) is 37.8 Å². The van der Waals surface area contributed by atoms with Crippen molar-refractivity contribution in [2.24, 2.45) is 5.41 Å². The summed E-state index contributed by atoms with van der Waals surface area (Å²) in [5, 5.41) is 13.8. The molecule has 0 saturated carbocycles. The summed E-state index contributed by atoms with van der Waals surface area (Å²) in [6, 6.07) is 5.87. The fraction of sp³-hybridized carbons (Fsp3) is 0.500. The van der Waals surface area contributed by atoms with Crippen molar-refractivity contribution in [1.29, 1.82) is 0 Å². The summed E-state index contributed by atoms with van der Waals surface area (Å²) in [4.78, 5) is 12.3. The first-order chi connectivity index (χ1) is 10.2. The fourth-order valence-corrected chi connectivity index (χ4v) is 2.39. The number of aryl methyl sites for hydroxylation is 2. The van der Waals surface area contributed by atoms with Crippen molar-refractivity contribution < 1.29 is 14.3 Å². The maximum Gasteiger partial charge on any atom is 0.287 e. The summed E-state index contributed by atoms with van der Waals surface area (Å²) in [5.74, 6) is 0.123. The lowest BCUT2D eigenvalue weighted by Crippen LogP contribution is -2.32. The van der Waals surface area contributed by atoms with E-state index in [0.717, 1.165) is 22.1 Å². The van der Waals surface area contributed by atoms with Crippen LogP contribution in [-0.2, 0) is 0 Å². The molecule has 2 rings (SSSR count). The summed E-state index contributed by atoms with van der Waals surface area (Å²) in [7, 11) is 0. The van der Waals surface area contributed by atoms with Crippen molar-refractivity contribution in [2.45, 2.75) is 47.1 Å². The Morgan fingerprint density at radius 3 is 2.64 bits per heavy atom. The quantitative estimate of drug-likeness (QED) is 0.907. The molecule has 0 saturated heterocycles. The van der Waals surface area contributed by atoms with E-state index in [1.807, 2.05) is 52.8 Å². The van der Waals surface area contributed by atoms with Gasteiger partial charge in [0.1, 0.15) is 5.58 Å². The van der Waals surface area contributed by atoms with E-state index in [2.05, 4.69) is 5.32 Å². The van der Waals surface area contributed by atoms with Gasteiger partial charge in [0.2, 0.25) is 0 Å². The van der Waals surface area contributed by atoms with E-state index in [-0.39, 0.29) is 11.3 Å². The Kier molecular flexibility index (Phi) is 4.61. The van der Waals surface area contributed by atoms with Crippen molar-refractivity contribution in [3.63, 3.8) is 0 Å². The zero-order valence-corrected chi connectivity index (χ0v) is 14.0. The number of aliphatic hydroxyl groups is 1. The Balaban J connectivity index is 2.06. The van der Waals surface area contributed by atoms with E-state index in [1.54, 1.807) is 0 Å². The van der Waals surface area contributed by atoms with Crippen LogP contribution in [0.15, 0.2) is 22.6 Å². The molecule has 4 nitrogen and oxygen atoms in total. The second-order valence-corrected chi connectivity index (χ2v) is 6.98. The van der Waals surface area contributed by atoms with Crippen LogP contribution in [0.2, 0.25) is 0 Å². The molecular weight excluding hydrogens is 278 g/mol. The Labute approximate surface area is 131 Å². The predicted molar refractivity (Wildman–Crippen MR) is 88.1 cm³/mol. The van der Waals surface area contributed by atoms with Gasteiger partial charge in [-0.1, -0.05) is 32.4 Å². The number of hydrogen-bond donors (Lipinski definition) is 2. The molecule has 1 aromatic heterocycles. The number of hydrogen-bond acceptors (Lipinski definition) is 3. The molecule has 0 fully saturated rings. The SMILES string of the molecule is Cc1ccc2oc(C(=O)NCCC(O)C(C)(C)C)c(C)c2c1. The maximum atomic E-state index is 12.3. The fourth-order valence-electron chi connectivity index (χ4n) is 2.39. The van der Waals surface area contributed by atoms with Crippen LogP contribution < -0.4 is 5.32 Å². The van der Waals surface area contributed by atoms with Crippen molar-refractivity contribution in [3.8, 4) is 0 Å². The van der Waals surface area contributed by atoms with Crippen molar-refractivity contribution >= 4 is 16.9 Å². The van der Waals surface area contributed by atoms with Gasteiger partial charge in [-0.15, -0.1) is 0 Å². The first-order valence-corrected chi connectivity index (χ1v) is 7.66. The van der Waals surface area contributed by atoms with Crippen LogP contribution in [0.4, 0.5) is 0 Å². The molecule has 0 spiro atoms. The first-order valence-electron chi connectivity index (χ1n) is 7.66. The van der Waals surface area contributed by atoms with Crippen LogP contribution >= 0.6 is 0 Å². The van der Waals surface area contributed by atoms with E-state index in [0.29, 0.717) is 18.7 Å². The molecule has 2 N–H and O–H groups in total. The minimum Gasteiger partial charge on any atom is -0.451 e. The van der Waals surface area contributed by atoms with Gasteiger partial charge < -0.3 is 14.8 Å². The molecule has 0 aliphatic heterocycles. The third kappa shape index (κ3) is 3.50. The molecule has 0 bridgehead atoms. The van der Waals surface area contributed by atoms with Crippen LogP contribution in [0.3, 0.4) is 0 Å². The van der Waals surface area contributed by atoms with Crippen LogP contribution in [0, 0.1) is 19.3 Å². The number of carbonyl (C=O) groups is 1. The molecule has 0 aliphatic rings. The maximum absolute atomic E-state index is 12.3. The molecule has 1 unspecified atom stereocenters. The third-order valence-electron chi connectivity index (χ3n) is 4.00. The summed E-state index contributed by atoms with van der Waals surface area (Å²) < 4.78 is 5.67. The number of benzene rings is 1. The van der Waals surface area contributed by atoms with E-state index in [9.17, 15) is 9.90 Å². The lowest BCUT2D eigenvalue weighted by molar-refractivity contribution is 0.0549. The summed E-state index contributed by atoms with van der Waals surface area (Å²) in [5.41, 5.74) is 2.53. The van der Waals surface area contributed by atoms with Crippen molar-refractivity contribution in [3.05, 3.63) is 35.1 Å². The minimum atomic E-state index is -0.452. The summed E-state index contributed by atoms with van der Waals surface area (Å²) in [6.07, 6.45) is 0.0698. The lowest BCUT2D eigenvalue weighted by Gasteiger charge is -2.25. The second-order valence-electron chi connectivity index (χ2n) is 6.98. The van der Waals surface area contributed by atoms with Crippen molar-refractivity contribution in [1.82, 2.24) is 5.32 Å². The van der Waals surface area contributed by atoms with Crippen molar-refractivity contribution in [2.75, 3.05) is 6.54 Å². The molecule has 1 atom stereocenters. The Morgan fingerprint density at radius 1 is 1.32 bits per heavy atom. The highest BCUT2D eigenvalue weighted by molar-refractivity contribution is 5.99. The highest BCUT2D eigenvalue weighted by Gasteiger charge is 2.22. The Hall–Kier alpha value is -1.81. The van der Waals surface area contributed by atoms with Gasteiger partial charge in [0.15, 0.2) is 5.76 Å². The Morgan fingerprint density at radius 2 is 2.00 bits per heavy atom. The van der Waals surface area contributed by atoms with Gasteiger partial charge in [0, 0.05) is 17.5 Å². The predicted octanol–water partition coefficient (Wildman–Crippen LogP) is 3.58.